The van der Waals surface area contributed by atoms with Crippen molar-refractivity contribution in [3.63, 3.8) is 0 Å². The van der Waals surface area contributed by atoms with Crippen LogP contribution in [0.5, 0.6) is 0 Å². The molecule has 0 radical (unpaired) electrons. The van der Waals surface area contributed by atoms with E-state index in [2.05, 4.69) is 10.6 Å². The van der Waals surface area contributed by atoms with Crippen LogP contribution >= 0.6 is 11.6 Å². The Morgan fingerprint density at radius 3 is 2.46 bits per heavy atom. The average Bonchev–Trinajstić information content (AvgIpc) is 2.64. The standard InChI is InChI=1S/C19H15ClFN3O4/c1-11(18(26)24-16-7-4-13(21)10-15(16)20)28-19(27)12-2-5-14(6-3-12)23-17(25)8-9-22/h2-7,10-11H,8H2,1H3,(H,23,25)(H,24,26)/t11-/m0/s1. The number of halogens is 2. The molecule has 1 atom stereocenters. The second-order valence-electron chi connectivity index (χ2n) is 5.62. The Kier molecular flexibility index (Phi) is 7.07. The topological polar surface area (TPSA) is 108 Å². The Bertz CT molecular complexity index is 941. The summed E-state index contributed by atoms with van der Waals surface area (Å²) in [6.45, 7) is 1.38. The number of anilines is 2. The van der Waals surface area contributed by atoms with Gasteiger partial charge in [-0.05, 0) is 49.4 Å². The summed E-state index contributed by atoms with van der Waals surface area (Å²) in [5, 5.41) is 13.4. The fraction of sp³-hybridized carbons (Fsp3) is 0.158. The van der Waals surface area contributed by atoms with Gasteiger partial charge in [-0.3, -0.25) is 9.59 Å². The number of nitriles is 1. The van der Waals surface area contributed by atoms with Crippen LogP contribution in [0.1, 0.15) is 23.7 Å². The summed E-state index contributed by atoms with van der Waals surface area (Å²) in [6.07, 6.45) is -1.42. The van der Waals surface area contributed by atoms with Crippen molar-refractivity contribution in [2.45, 2.75) is 19.4 Å². The van der Waals surface area contributed by atoms with Crippen molar-refractivity contribution in [3.05, 3.63) is 58.9 Å². The number of carbonyl (C=O) groups is 3. The van der Waals surface area contributed by atoms with Crippen molar-refractivity contribution in [2.24, 2.45) is 0 Å². The number of benzene rings is 2. The first-order valence-corrected chi connectivity index (χ1v) is 8.41. The van der Waals surface area contributed by atoms with E-state index >= 15 is 0 Å². The molecule has 0 saturated carbocycles. The van der Waals surface area contributed by atoms with Crippen LogP contribution in [-0.2, 0) is 14.3 Å². The smallest absolute Gasteiger partial charge is 0.338 e. The molecule has 0 aliphatic heterocycles. The third-order valence-electron chi connectivity index (χ3n) is 3.49. The maximum absolute atomic E-state index is 13.0. The molecule has 2 amide bonds. The van der Waals surface area contributed by atoms with Crippen molar-refractivity contribution in [1.29, 1.82) is 5.26 Å². The molecule has 0 bridgehead atoms. The Morgan fingerprint density at radius 2 is 1.86 bits per heavy atom. The van der Waals surface area contributed by atoms with Gasteiger partial charge in [0, 0.05) is 5.69 Å². The zero-order chi connectivity index (χ0) is 20.7. The minimum absolute atomic E-state index is 0.0147. The van der Waals surface area contributed by atoms with Crippen molar-refractivity contribution < 1.29 is 23.5 Å². The summed E-state index contributed by atoms with van der Waals surface area (Å²) in [6, 6.07) is 10.9. The molecule has 144 valence electrons. The van der Waals surface area contributed by atoms with Crippen LogP contribution in [-0.4, -0.2) is 23.9 Å². The Morgan fingerprint density at radius 1 is 1.18 bits per heavy atom. The van der Waals surface area contributed by atoms with Gasteiger partial charge in [0.05, 0.1) is 22.3 Å². The van der Waals surface area contributed by atoms with Gasteiger partial charge >= 0.3 is 5.97 Å². The second-order valence-corrected chi connectivity index (χ2v) is 6.03. The van der Waals surface area contributed by atoms with Crippen LogP contribution < -0.4 is 10.6 Å². The number of hydrogen-bond donors (Lipinski definition) is 2. The molecule has 0 unspecified atom stereocenters. The monoisotopic (exact) mass is 403 g/mol. The number of hydrogen-bond acceptors (Lipinski definition) is 5. The van der Waals surface area contributed by atoms with Crippen LogP contribution in [0.25, 0.3) is 0 Å². The summed E-state index contributed by atoms with van der Waals surface area (Å²) in [4.78, 5) is 35.6. The van der Waals surface area contributed by atoms with E-state index in [1.165, 1.54) is 37.3 Å². The quantitative estimate of drug-likeness (QED) is 0.717. The molecule has 0 fully saturated rings. The van der Waals surface area contributed by atoms with E-state index in [1.54, 1.807) is 6.07 Å². The predicted octanol–water partition coefficient (Wildman–Crippen LogP) is 3.52. The molecule has 2 aromatic carbocycles. The Balaban J connectivity index is 1.94. The average molecular weight is 404 g/mol. The molecule has 2 rings (SSSR count). The van der Waals surface area contributed by atoms with Crippen molar-refractivity contribution in [1.82, 2.24) is 0 Å². The molecule has 7 nitrogen and oxygen atoms in total. The number of amides is 2. The predicted molar refractivity (Wildman–Crippen MR) is 100 cm³/mol. The molecule has 0 aliphatic carbocycles. The van der Waals surface area contributed by atoms with Crippen molar-refractivity contribution in [3.8, 4) is 6.07 Å². The normalized spacial score (nSPS) is 11.1. The van der Waals surface area contributed by atoms with Crippen molar-refractivity contribution in [2.75, 3.05) is 10.6 Å². The van der Waals surface area contributed by atoms with E-state index in [-0.39, 0.29) is 22.7 Å². The first kappa shape index (κ1) is 20.9. The largest absolute Gasteiger partial charge is 0.449 e. The fourth-order valence-electron chi connectivity index (χ4n) is 2.07. The van der Waals surface area contributed by atoms with Crippen LogP contribution in [0.2, 0.25) is 5.02 Å². The number of esters is 1. The van der Waals surface area contributed by atoms with Gasteiger partial charge < -0.3 is 15.4 Å². The Hall–Kier alpha value is -3.44. The van der Waals surface area contributed by atoms with Crippen LogP contribution in [0.15, 0.2) is 42.5 Å². The summed E-state index contributed by atoms with van der Waals surface area (Å²) >= 11 is 5.84. The zero-order valence-corrected chi connectivity index (χ0v) is 15.4. The third kappa shape index (κ3) is 5.79. The lowest BCUT2D eigenvalue weighted by atomic mass is 10.2. The first-order valence-electron chi connectivity index (χ1n) is 8.04. The minimum atomic E-state index is -1.14. The summed E-state index contributed by atoms with van der Waals surface area (Å²) in [5.41, 5.74) is 0.764. The molecule has 0 aliphatic rings. The summed E-state index contributed by atoms with van der Waals surface area (Å²) in [5.74, 6) is -2.40. The molecule has 0 saturated heterocycles. The number of rotatable bonds is 6. The van der Waals surface area contributed by atoms with Gasteiger partial charge in [-0.2, -0.15) is 5.26 Å². The highest BCUT2D eigenvalue weighted by Gasteiger charge is 2.20. The van der Waals surface area contributed by atoms with Gasteiger partial charge in [-0.1, -0.05) is 11.6 Å². The van der Waals surface area contributed by atoms with Gasteiger partial charge in [0.25, 0.3) is 5.91 Å². The van der Waals surface area contributed by atoms with E-state index in [1.807, 2.05) is 0 Å². The lowest BCUT2D eigenvalue weighted by Gasteiger charge is -2.14. The highest BCUT2D eigenvalue weighted by Crippen LogP contribution is 2.22. The van der Waals surface area contributed by atoms with E-state index in [9.17, 15) is 18.8 Å². The fourth-order valence-corrected chi connectivity index (χ4v) is 2.29. The zero-order valence-electron chi connectivity index (χ0n) is 14.7. The van der Waals surface area contributed by atoms with Gasteiger partial charge in [-0.25, -0.2) is 9.18 Å². The molecule has 0 heterocycles. The van der Waals surface area contributed by atoms with E-state index in [0.29, 0.717) is 5.69 Å². The maximum Gasteiger partial charge on any atom is 0.338 e. The van der Waals surface area contributed by atoms with Crippen LogP contribution in [0.3, 0.4) is 0 Å². The SMILES string of the molecule is C[C@H](OC(=O)c1ccc(NC(=O)CC#N)cc1)C(=O)Nc1ccc(F)cc1Cl. The third-order valence-corrected chi connectivity index (χ3v) is 3.80. The molecule has 28 heavy (non-hydrogen) atoms. The number of ether oxygens (including phenoxy) is 1. The maximum atomic E-state index is 13.0. The van der Waals surface area contributed by atoms with E-state index < -0.39 is 29.7 Å². The van der Waals surface area contributed by atoms with E-state index in [4.69, 9.17) is 21.6 Å². The van der Waals surface area contributed by atoms with Crippen molar-refractivity contribution >= 4 is 40.8 Å². The van der Waals surface area contributed by atoms with Gasteiger partial charge in [-0.15, -0.1) is 0 Å². The number of carbonyl (C=O) groups excluding carboxylic acids is 3. The first-order chi connectivity index (χ1) is 13.3. The molecule has 2 aromatic rings. The minimum Gasteiger partial charge on any atom is -0.449 e. The highest BCUT2D eigenvalue weighted by molar-refractivity contribution is 6.33. The van der Waals surface area contributed by atoms with Gasteiger partial charge in [0.1, 0.15) is 12.2 Å². The molecular formula is C19H15ClFN3O4. The Labute approximate surface area is 165 Å². The number of nitrogens with zero attached hydrogens (tertiary/aromatic N) is 1. The summed E-state index contributed by atoms with van der Waals surface area (Å²) < 4.78 is 18.1. The van der Waals surface area contributed by atoms with Crippen LogP contribution in [0.4, 0.5) is 15.8 Å². The summed E-state index contributed by atoms with van der Waals surface area (Å²) in [7, 11) is 0. The lowest BCUT2D eigenvalue weighted by molar-refractivity contribution is -0.123. The highest BCUT2D eigenvalue weighted by atomic mass is 35.5. The van der Waals surface area contributed by atoms with Crippen LogP contribution in [0, 0.1) is 17.1 Å². The number of nitrogens with one attached hydrogen (secondary N) is 2. The van der Waals surface area contributed by atoms with Gasteiger partial charge in [0.2, 0.25) is 5.91 Å². The molecule has 0 spiro atoms. The lowest BCUT2D eigenvalue weighted by Crippen LogP contribution is -2.30. The molecule has 0 aromatic heterocycles. The molecule has 9 heteroatoms. The van der Waals surface area contributed by atoms with E-state index in [0.717, 1.165) is 12.1 Å². The van der Waals surface area contributed by atoms with Gasteiger partial charge in [0.15, 0.2) is 6.10 Å². The second kappa shape index (κ2) is 9.48. The molecular weight excluding hydrogens is 389 g/mol. The molecule has 2 N–H and O–H groups in total.